The molecule has 0 bridgehead atoms. The lowest BCUT2D eigenvalue weighted by molar-refractivity contribution is -0.113. The number of ether oxygens (including phenoxy) is 4. The van der Waals surface area contributed by atoms with Gasteiger partial charge in [0.25, 0.3) is 0 Å². The Hall–Kier alpha value is -4.28. The molecule has 2 heterocycles. The number of anilines is 2. The molecule has 2 aromatic carbocycles. The van der Waals surface area contributed by atoms with Gasteiger partial charge in [-0.1, -0.05) is 0 Å². The van der Waals surface area contributed by atoms with Gasteiger partial charge in [0.1, 0.15) is 30.6 Å². The summed E-state index contributed by atoms with van der Waals surface area (Å²) in [6, 6.07) is 9.09. The lowest BCUT2D eigenvalue weighted by Gasteiger charge is -2.29. The van der Waals surface area contributed by atoms with Crippen molar-refractivity contribution in [3.63, 3.8) is 0 Å². The summed E-state index contributed by atoms with van der Waals surface area (Å²) in [7, 11) is 5.27. The molecule has 0 atom stereocenters. The van der Waals surface area contributed by atoms with Crippen molar-refractivity contribution >= 4 is 39.5 Å². The van der Waals surface area contributed by atoms with E-state index in [0.29, 0.717) is 58.4 Å². The van der Waals surface area contributed by atoms with Crippen molar-refractivity contribution in [2.75, 3.05) is 52.9 Å². The predicted octanol–water partition coefficient (Wildman–Crippen LogP) is 3.97. The summed E-state index contributed by atoms with van der Waals surface area (Å²) in [6.07, 6.45) is 7.29. The summed E-state index contributed by atoms with van der Waals surface area (Å²) in [6.45, 7) is 2.72. The summed E-state index contributed by atoms with van der Waals surface area (Å²) in [5.74, 6) is 1.69. The fourth-order valence-electron chi connectivity index (χ4n) is 4.74. The number of methoxy groups -OCH3 is 2. The molecule has 5 rings (SSSR count). The fraction of sp³-hybridized carbons (Fsp3) is 0.333. The van der Waals surface area contributed by atoms with Crippen molar-refractivity contribution < 1.29 is 28.5 Å². The summed E-state index contributed by atoms with van der Waals surface area (Å²) >= 11 is 0. The van der Waals surface area contributed by atoms with E-state index in [1.54, 1.807) is 26.4 Å². The van der Waals surface area contributed by atoms with Gasteiger partial charge in [0, 0.05) is 48.5 Å². The molecule has 0 radical (unpaired) electrons. The number of aromatic nitrogens is 2. The van der Waals surface area contributed by atoms with Gasteiger partial charge in [-0.15, -0.1) is 0 Å². The molecular formula is C30H32N4O6. The number of piperidine rings is 1. The zero-order chi connectivity index (χ0) is 28.1. The number of fused-ring (bicyclic) bond motifs is 1. The fourth-order valence-corrected chi connectivity index (χ4v) is 4.74. The quantitative estimate of drug-likeness (QED) is 0.297. The third-order valence-electron chi connectivity index (χ3n) is 6.92. The first-order valence-corrected chi connectivity index (χ1v) is 13.1. The molecule has 1 saturated heterocycles. The Bertz CT molecular complexity index is 1480. The molecule has 0 amide bonds. The molecule has 1 fully saturated rings. The summed E-state index contributed by atoms with van der Waals surface area (Å²) in [4.78, 5) is 36.3. The normalized spacial score (nSPS) is 16.2. The molecule has 1 aliphatic heterocycles. The number of carbonyl (C=O) groups is 2. The summed E-state index contributed by atoms with van der Waals surface area (Å²) in [5.41, 5.74) is 2.07. The minimum absolute atomic E-state index is 0.0824. The molecular weight excluding hydrogens is 512 g/mol. The van der Waals surface area contributed by atoms with E-state index < -0.39 is 0 Å². The number of likely N-dealkylation sites (tertiary alicyclic amines) is 1. The monoisotopic (exact) mass is 544 g/mol. The van der Waals surface area contributed by atoms with Gasteiger partial charge in [0.15, 0.2) is 23.1 Å². The van der Waals surface area contributed by atoms with E-state index in [9.17, 15) is 9.59 Å². The van der Waals surface area contributed by atoms with Crippen molar-refractivity contribution in [3.05, 3.63) is 60.5 Å². The number of nitrogens with zero attached hydrogens (tertiary/aromatic N) is 3. The number of ketones is 2. The highest BCUT2D eigenvalue weighted by Crippen LogP contribution is 2.37. The number of hydrogen-bond donors (Lipinski definition) is 1. The van der Waals surface area contributed by atoms with Crippen LogP contribution in [-0.4, -0.2) is 80.1 Å². The van der Waals surface area contributed by atoms with E-state index in [2.05, 4.69) is 27.2 Å². The maximum absolute atomic E-state index is 12.9. The van der Waals surface area contributed by atoms with Crippen molar-refractivity contribution in [1.29, 1.82) is 0 Å². The van der Waals surface area contributed by atoms with Gasteiger partial charge in [-0.2, -0.15) is 0 Å². The average molecular weight is 545 g/mol. The van der Waals surface area contributed by atoms with Crippen molar-refractivity contribution in [2.24, 2.45) is 0 Å². The molecule has 3 aromatic rings. The van der Waals surface area contributed by atoms with E-state index in [4.69, 9.17) is 18.9 Å². The van der Waals surface area contributed by atoms with Crippen LogP contribution >= 0.6 is 0 Å². The molecule has 0 spiro atoms. The van der Waals surface area contributed by atoms with Crippen LogP contribution in [0.25, 0.3) is 16.5 Å². The number of carbonyl (C=O) groups excluding carboxylic acids is 2. The zero-order valence-corrected chi connectivity index (χ0v) is 22.8. The van der Waals surface area contributed by atoms with E-state index >= 15 is 0 Å². The number of nitrogens with one attached hydrogen (secondary N) is 1. The highest BCUT2D eigenvalue weighted by molar-refractivity contribution is 6.34. The largest absolute Gasteiger partial charge is 0.493 e. The lowest BCUT2D eigenvalue weighted by atomic mass is 9.94. The predicted molar refractivity (Wildman–Crippen MR) is 151 cm³/mol. The second kappa shape index (κ2) is 12.3. The Labute approximate surface area is 232 Å². The Kier molecular flexibility index (Phi) is 8.37. The molecule has 10 nitrogen and oxygen atoms in total. The van der Waals surface area contributed by atoms with Crippen LogP contribution in [-0.2, 0) is 14.3 Å². The van der Waals surface area contributed by atoms with Crippen LogP contribution in [0.4, 0.5) is 11.5 Å². The van der Waals surface area contributed by atoms with Gasteiger partial charge in [0.2, 0.25) is 0 Å². The van der Waals surface area contributed by atoms with Crippen LogP contribution in [0.3, 0.4) is 0 Å². The Balaban J connectivity index is 1.51. The van der Waals surface area contributed by atoms with Crippen LogP contribution in [0.15, 0.2) is 54.9 Å². The second-order valence-electron chi connectivity index (χ2n) is 9.69. The molecule has 1 aliphatic carbocycles. The van der Waals surface area contributed by atoms with Gasteiger partial charge >= 0.3 is 0 Å². The van der Waals surface area contributed by atoms with E-state index in [-0.39, 0.29) is 23.2 Å². The molecule has 40 heavy (non-hydrogen) atoms. The van der Waals surface area contributed by atoms with Crippen LogP contribution in [0.1, 0.15) is 18.4 Å². The van der Waals surface area contributed by atoms with Gasteiger partial charge in [0.05, 0.1) is 19.2 Å². The van der Waals surface area contributed by atoms with E-state index in [1.807, 2.05) is 18.2 Å². The molecule has 208 valence electrons. The Morgan fingerprint density at radius 1 is 1.00 bits per heavy atom. The van der Waals surface area contributed by atoms with Gasteiger partial charge in [-0.3, -0.25) is 9.59 Å². The summed E-state index contributed by atoms with van der Waals surface area (Å²) < 4.78 is 22.7. The van der Waals surface area contributed by atoms with Gasteiger partial charge in [-0.25, -0.2) is 9.97 Å². The second-order valence-corrected chi connectivity index (χ2v) is 9.69. The maximum Gasteiger partial charge on any atom is 0.186 e. The number of allylic oxidation sites excluding steroid dienone is 4. The van der Waals surface area contributed by atoms with E-state index in [1.165, 1.54) is 24.6 Å². The molecule has 10 heteroatoms. The van der Waals surface area contributed by atoms with Crippen molar-refractivity contribution in [1.82, 2.24) is 14.9 Å². The minimum Gasteiger partial charge on any atom is -0.493 e. The lowest BCUT2D eigenvalue weighted by Crippen LogP contribution is -2.35. The first-order valence-electron chi connectivity index (χ1n) is 13.1. The van der Waals surface area contributed by atoms with Gasteiger partial charge in [-0.05, 0) is 62.4 Å². The third-order valence-corrected chi connectivity index (χ3v) is 6.92. The standard InChI is InChI=1S/C30H32N4O6/c1-34-10-8-20(9-11-34)40-21-5-6-25(22(15-21)23-14-19(35)4-7-27(23)36)33-30-24-16-28(38-3)29(39-13-12-37-2)17-26(24)31-18-32-30/h4-7,14-18,20H,8-13H2,1-3H3,(H,31,32,33). The molecule has 1 aromatic heterocycles. The first-order chi connectivity index (χ1) is 19.4. The molecule has 1 N–H and O–H groups in total. The van der Waals surface area contributed by atoms with Crippen LogP contribution < -0.4 is 19.5 Å². The SMILES string of the molecule is COCCOc1cc2ncnc(Nc3ccc(OC4CCN(C)CC4)cc3C3=CC(=O)C=CC3=O)c2cc1OC. The highest BCUT2D eigenvalue weighted by atomic mass is 16.5. The molecule has 0 unspecified atom stereocenters. The topological polar surface area (TPSA) is 112 Å². The Morgan fingerprint density at radius 3 is 2.60 bits per heavy atom. The highest BCUT2D eigenvalue weighted by Gasteiger charge is 2.23. The van der Waals surface area contributed by atoms with Crippen LogP contribution in [0, 0.1) is 0 Å². The average Bonchev–Trinajstić information content (AvgIpc) is 2.96. The number of hydrogen-bond acceptors (Lipinski definition) is 10. The van der Waals surface area contributed by atoms with Crippen molar-refractivity contribution in [2.45, 2.75) is 18.9 Å². The van der Waals surface area contributed by atoms with Crippen LogP contribution in [0.5, 0.6) is 17.2 Å². The zero-order valence-electron chi connectivity index (χ0n) is 22.8. The van der Waals surface area contributed by atoms with E-state index in [0.717, 1.165) is 25.9 Å². The van der Waals surface area contributed by atoms with Crippen LogP contribution in [0.2, 0.25) is 0 Å². The minimum atomic E-state index is -0.258. The van der Waals surface area contributed by atoms with Crippen molar-refractivity contribution in [3.8, 4) is 17.2 Å². The number of rotatable bonds is 10. The smallest absolute Gasteiger partial charge is 0.186 e. The van der Waals surface area contributed by atoms with Gasteiger partial charge < -0.3 is 29.2 Å². The first kappa shape index (κ1) is 27.3. The summed E-state index contributed by atoms with van der Waals surface area (Å²) in [5, 5.41) is 4.04. The Morgan fingerprint density at radius 2 is 1.82 bits per heavy atom. The number of benzene rings is 2. The molecule has 2 aliphatic rings. The maximum atomic E-state index is 12.9. The molecule has 0 saturated carbocycles. The third kappa shape index (κ3) is 6.13.